The van der Waals surface area contributed by atoms with Crippen LogP contribution in [0.15, 0.2) is 47.4 Å². The van der Waals surface area contributed by atoms with Crippen LogP contribution in [0.3, 0.4) is 0 Å². The molecule has 0 unspecified atom stereocenters. The van der Waals surface area contributed by atoms with Crippen LogP contribution in [0.2, 0.25) is 0 Å². The fourth-order valence-corrected chi connectivity index (χ4v) is 4.74. The molecule has 0 aliphatic carbocycles. The lowest BCUT2D eigenvalue weighted by Crippen LogP contribution is -2.36. The summed E-state index contributed by atoms with van der Waals surface area (Å²) in [5, 5.41) is 2.22. The van der Waals surface area contributed by atoms with E-state index in [1.165, 1.54) is 12.8 Å². The maximum atomic E-state index is 12.9. The van der Waals surface area contributed by atoms with Gasteiger partial charge in [-0.3, -0.25) is 19.3 Å². The number of amides is 3. The van der Waals surface area contributed by atoms with E-state index in [9.17, 15) is 14.4 Å². The van der Waals surface area contributed by atoms with Gasteiger partial charge in [-0.25, -0.2) is 0 Å². The molecular formula is C25H27N3O5S. The molecule has 2 heterocycles. The van der Waals surface area contributed by atoms with E-state index in [2.05, 4.69) is 10.2 Å². The zero-order valence-electron chi connectivity index (χ0n) is 19.2. The van der Waals surface area contributed by atoms with E-state index in [1.807, 2.05) is 25.1 Å². The first kappa shape index (κ1) is 23.7. The van der Waals surface area contributed by atoms with Gasteiger partial charge in [0.05, 0.1) is 18.6 Å². The summed E-state index contributed by atoms with van der Waals surface area (Å²) in [6, 6.07) is 12.7. The molecule has 0 bridgehead atoms. The van der Waals surface area contributed by atoms with Crippen molar-refractivity contribution in [1.29, 1.82) is 0 Å². The van der Waals surface area contributed by atoms with E-state index in [0.29, 0.717) is 29.4 Å². The van der Waals surface area contributed by atoms with Crippen LogP contribution in [0.1, 0.15) is 25.3 Å². The topological polar surface area (TPSA) is 88.2 Å². The lowest BCUT2D eigenvalue weighted by Gasteiger charge is -2.19. The van der Waals surface area contributed by atoms with Crippen LogP contribution in [-0.4, -0.2) is 55.3 Å². The number of anilines is 2. The summed E-state index contributed by atoms with van der Waals surface area (Å²) in [6.07, 6.45) is 3.98. The number of hydrogen-bond acceptors (Lipinski definition) is 7. The second-order valence-electron chi connectivity index (χ2n) is 7.89. The Hall–Kier alpha value is -3.46. The number of methoxy groups -OCH3 is 1. The number of thioether (sulfide) groups is 1. The van der Waals surface area contributed by atoms with Crippen LogP contribution in [0.25, 0.3) is 6.08 Å². The van der Waals surface area contributed by atoms with E-state index in [4.69, 9.17) is 9.47 Å². The summed E-state index contributed by atoms with van der Waals surface area (Å²) < 4.78 is 10.9. The van der Waals surface area contributed by atoms with Gasteiger partial charge >= 0.3 is 0 Å². The average molecular weight is 482 g/mol. The summed E-state index contributed by atoms with van der Waals surface area (Å²) in [6.45, 7) is 4.10. The third kappa shape index (κ3) is 5.36. The molecule has 0 radical (unpaired) electrons. The molecule has 2 aromatic rings. The van der Waals surface area contributed by atoms with Gasteiger partial charge < -0.3 is 19.7 Å². The van der Waals surface area contributed by atoms with Crippen LogP contribution in [-0.2, 0) is 9.59 Å². The van der Waals surface area contributed by atoms with Gasteiger partial charge in [-0.05, 0) is 74.0 Å². The van der Waals surface area contributed by atoms with Crippen molar-refractivity contribution in [2.75, 3.05) is 43.6 Å². The van der Waals surface area contributed by atoms with E-state index >= 15 is 0 Å². The van der Waals surface area contributed by atoms with Crippen molar-refractivity contribution in [3.05, 3.63) is 52.9 Å². The molecule has 2 fully saturated rings. The summed E-state index contributed by atoms with van der Waals surface area (Å²) >= 11 is 0.817. The van der Waals surface area contributed by atoms with E-state index in [-0.39, 0.29) is 11.4 Å². The molecule has 2 aliphatic rings. The number of imide groups is 1. The number of carbonyl (C=O) groups excluding carboxylic acids is 3. The largest absolute Gasteiger partial charge is 0.496 e. The molecule has 9 heteroatoms. The molecule has 0 atom stereocenters. The first-order chi connectivity index (χ1) is 16.5. The van der Waals surface area contributed by atoms with Crippen molar-refractivity contribution < 1.29 is 23.9 Å². The van der Waals surface area contributed by atoms with E-state index in [0.717, 1.165) is 35.4 Å². The zero-order chi connectivity index (χ0) is 24.1. The number of nitrogens with one attached hydrogen (secondary N) is 1. The summed E-state index contributed by atoms with van der Waals surface area (Å²) in [5.41, 5.74) is 2.33. The minimum atomic E-state index is -0.498. The Kier molecular flexibility index (Phi) is 7.42. The van der Waals surface area contributed by atoms with Crippen LogP contribution < -0.4 is 19.7 Å². The predicted octanol–water partition coefficient (Wildman–Crippen LogP) is 4.37. The molecule has 2 saturated heterocycles. The molecule has 8 nitrogen and oxygen atoms in total. The van der Waals surface area contributed by atoms with Gasteiger partial charge in [0.1, 0.15) is 18.0 Å². The molecule has 4 rings (SSSR count). The predicted molar refractivity (Wildman–Crippen MR) is 133 cm³/mol. The van der Waals surface area contributed by atoms with Crippen LogP contribution in [0, 0.1) is 0 Å². The van der Waals surface area contributed by atoms with Crippen molar-refractivity contribution in [2.24, 2.45) is 0 Å². The average Bonchev–Trinajstić information content (AvgIpc) is 3.46. The quantitative estimate of drug-likeness (QED) is 0.560. The molecule has 3 amide bonds. The highest BCUT2D eigenvalue weighted by molar-refractivity contribution is 8.18. The molecule has 0 saturated carbocycles. The first-order valence-corrected chi connectivity index (χ1v) is 12.0. The smallest absolute Gasteiger partial charge is 0.294 e. The Morgan fingerprint density at radius 3 is 2.53 bits per heavy atom. The summed E-state index contributed by atoms with van der Waals surface area (Å²) in [4.78, 5) is 41.3. The molecule has 0 spiro atoms. The van der Waals surface area contributed by atoms with Crippen LogP contribution in [0.5, 0.6) is 11.5 Å². The normalized spacial score (nSPS) is 16.9. The van der Waals surface area contributed by atoms with E-state index < -0.39 is 17.1 Å². The van der Waals surface area contributed by atoms with Gasteiger partial charge in [-0.1, -0.05) is 0 Å². The monoisotopic (exact) mass is 481 g/mol. The lowest BCUT2D eigenvalue weighted by atomic mass is 10.1. The molecule has 2 aromatic carbocycles. The SMILES string of the molecule is CCOc1ccc(NC(=O)CN2C(=O)S/C(=C/c3ccc(N4CCCC4)cc3OC)C2=O)cc1. The fourth-order valence-electron chi connectivity index (χ4n) is 3.91. The summed E-state index contributed by atoms with van der Waals surface area (Å²) in [7, 11) is 1.58. The molecule has 2 aliphatic heterocycles. The van der Waals surface area contributed by atoms with Crippen molar-refractivity contribution in [3.63, 3.8) is 0 Å². The van der Waals surface area contributed by atoms with Gasteiger partial charge in [-0.15, -0.1) is 0 Å². The maximum absolute atomic E-state index is 12.9. The minimum absolute atomic E-state index is 0.256. The van der Waals surface area contributed by atoms with Crippen LogP contribution in [0.4, 0.5) is 16.2 Å². The molecule has 1 N–H and O–H groups in total. The van der Waals surface area contributed by atoms with Crippen molar-refractivity contribution in [3.8, 4) is 11.5 Å². The van der Waals surface area contributed by atoms with Crippen molar-refractivity contribution in [1.82, 2.24) is 4.90 Å². The van der Waals surface area contributed by atoms with Gasteiger partial charge in [0.15, 0.2) is 0 Å². The van der Waals surface area contributed by atoms with Gasteiger partial charge in [0.25, 0.3) is 11.1 Å². The third-order valence-electron chi connectivity index (χ3n) is 5.60. The van der Waals surface area contributed by atoms with Crippen molar-refractivity contribution in [2.45, 2.75) is 19.8 Å². The second-order valence-corrected chi connectivity index (χ2v) is 8.89. The Morgan fingerprint density at radius 2 is 1.85 bits per heavy atom. The highest BCUT2D eigenvalue weighted by Gasteiger charge is 2.36. The third-order valence-corrected chi connectivity index (χ3v) is 6.51. The maximum Gasteiger partial charge on any atom is 0.294 e. The zero-order valence-corrected chi connectivity index (χ0v) is 20.0. The molecule has 0 aromatic heterocycles. The van der Waals surface area contributed by atoms with E-state index in [1.54, 1.807) is 37.5 Å². The number of ether oxygens (including phenoxy) is 2. The summed E-state index contributed by atoms with van der Waals surface area (Å²) in [5.74, 6) is 0.368. The molecule has 34 heavy (non-hydrogen) atoms. The first-order valence-electron chi connectivity index (χ1n) is 11.2. The Balaban J connectivity index is 1.43. The fraction of sp³-hybridized carbons (Fsp3) is 0.320. The highest BCUT2D eigenvalue weighted by Crippen LogP contribution is 2.35. The number of carbonyl (C=O) groups is 3. The van der Waals surface area contributed by atoms with Crippen LogP contribution >= 0.6 is 11.8 Å². The Bertz CT molecular complexity index is 1110. The lowest BCUT2D eigenvalue weighted by molar-refractivity contribution is -0.127. The highest BCUT2D eigenvalue weighted by atomic mass is 32.2. The number of hydrogen-bond donors (Lipinski definition) is 1. The van der Waals surface area contributed by atoms with Gasteiger partial charge in [0, 0.05) is 36.1 Å². The number of benzene rings is 2. The Morgan fingerprint density at radius 1 is 1.12 bits per heavy atom. The number of rotatable bonds is 8. The molecular weight excluding hydrogens is 454 g/mol. The standard InChI is InChI=1S/C25H27N3O5S/c1-3-33-20-10-7-18(8-11-20)26-23(29)16-28-24(30)22(34-25(28)31)14-17-6-9-19(15-21(17)32-2)27-12-4-5-13-27/h6-11,14-15H,3-5,12-13,16H2,1-2H3,(H,26,29)/b22-14+. The molecule has 178 valence electrons. The van der Waals surface area contributed by atoms with Crippen molar-refractivity contribution >= 4 is 46.3 Å². The van der Waals surface area contributed by atoms with Gasteiger partial charge in [-0.2, -0.15) is 0 Å². The number of nitrogens with zero attached hydrogens (tertiary/aromatic N) is 2. The minimum Gasteiger partial charge on any atom is -0.496 e. The second kappa shape index (κ2) is 10.6. The van der Waals surface area contributed by atoms with Gasteiger partial charge in [0.2, 0.25) is 5.91 Å². The Labute approximate surface area is 202 Å².